The fraction of sp³-hybridized carbons (Fsp3) is 0.250. The molecule has 1 rings (SSSR count). The summed E-state index contributed by atoms with van der Waals surface area (Å²) in [6.07, 6.45) is 1.33. The van der Waals surface area contributed by atoms with Gasteiger partial charge in [0.2, 0.25) is 0 Å². The van der Waals surface area contributed by atoms with Crippen LogP contribution < -0.4 is 11.3 Å². The van der Waals surface area contributed by atoms with Crippen LogP contribution in [-0.2, 0) is 26.5 Å². The van der Waals surface area contributed by atoms with E-state index in [1.165, 1.54) is 10.8 Å². The number of nitrogens with zero attached hydrogens (tertiary/aromatic N) is 2. The first-order valence-electron chi connectivity index (χ1n) is 2.16. The average molecular weight is 178 g/mol. The van der Waals surface area contributed by atoms with Gasteiger partial charge in [-0.05, 0) is 7.05 Å². The van der Waals surface area contributed by atoms with E-state index < -0.39 is 0 Å². The molecule has 0 unspecified atom stereocenters. The van der Waals surface area contributed by atoms with E-state index in [1.54, 1.807) is 7.05 Å². The second-order valence-corrected chi connectivity index (χ2v) is 1.55. The Hall–Kier alpha value is -0.567. The Morgan fingerprint density at radius 1 is 1.78 bits per heavy atom. The van der Waals surface area contributed by atoms with Crippen LogP contribution in [0.3, 0.4) is 0 Å². The second-order valence-electron chi connectivity index (χ2n) is 1.55. The minimum Gasteiger partial charge on any atom is -0.473 e. The maximum Gasteiger partial charge on any atom is 0.189 e. The van der Waals surface area contributed by atoms with Crippen molar-refractivity contribution in [2.24, 2.45) is 7.05 Å². The maximum absolute atomic E-state index is 10.3. The topological polar surface area (TPSA) is 60.9 Å². The number of imidazole rings is 1. The summed E-state index contributed by atoms with van der Waals surface area (Å²) in [5.41, 5.74) is 4.91. The molecule has 9 heavy (non-hydrogen) atoms. The quantitative estimate of drug-likeness (QED) is 0.412. The smallest absolute Gasteiger partial charge is 0.189 e. The fourth-order valence-corrected chi connectivity index (χ4v) is 0.452. The van der Waals surface area contributed by atoms with Gasteiger partial charge in [0.15, 0.2) is 5.56 Å². The van der Waals surface area contributed by atoms with E-state index in [2.05, 4.69) is 4.98 Å². The normalized spacial score (nSPS) is 8.56. The summed E-state index contributed by atoms with van der Waals surface area (Å²) in [4.78, 5) is 13.7. The van der Waals surface area contributed by atoms with Gasteiger partial charge in [-0.15, -0.1) is 0 Å². The van der Waals surface area contributed by atoms with Crippen molar-refractivity contribution in [3.8, 4) is 0 Å². The van der Waals surface area contributed by atoms with Gasteiger partial charge in [-0.3, -0.25) is 9.78 Å². The molecule has 0 atom stereocenters. The van der Waals surface area contributed by atoms with E-state index in [9.17, 15) is 4.79 Å². The predicted molar refractivity (Wildman–Crippen MR) is 29.5 cm³/mol. The average Bonchev–Trinajstić information content (AvgIpc) is 1.85. The molecule has 0 aromatic carbocycles. The van der Waals surface area contributed by atoms with Gasteiger partial charge < -0.3 is 10.3 Å². The summed E-state index contributed by atoms with van der Waals surface area (Å²) in [7, 11) is 1.67. The van der Waals surface area contributed by atoms with Crippen LogP contribution in [0.15, 0.2) is 11.0 Å². The maximum atomic E-state index is 10.3. The number of nitrogens with two attached hydrogens (primary N) is 1. The van der Waals surface area contributed by atoms with Crippen LogP contribution in [0, 0.1) is 0 Å². The van der Waals surface area contributed by atoms with Crippen LogP contribution in [0.4, 0.5) is 5.95 Å². The number of hydrogen-bond acceptors (Lipinski definition) is 3. The summed E-state index contributed by atoms with van der Waals surface area (Å²) in [5.74, 6) is 0.259. The van der Waals surface area contributed by atoms with E-state index >= 15 is 0 Å². The van der Waals surface area contributed by atoms with Crippen molar-refractivity contribution in [2.75, 3.05) is 5.73 Å². The first-order chi connectivity index (χ1) is 3.70. The Kier molecular flexibility index (Phi) is 2.65. The predicted octanol–water partition coefficient (Wildman–Crippen LogP) is -0.921. The molecular formula is C4H6N3OZn-. The van der Waals surface area contributed by atoms with E-state index in [-0.39, 0.29) is 31.0 Å². The van der Waals surface area contributed by atoms with Crippen LogP contribution in [0.5, 0.6) is 0 Å². The Balaban J connectivity index is 0.000000640. The molecule has 0 aliphatic carbocycles. The number of rotatable bonds is 0. The van der Waals surface area contributed by atoms with Crippen molar-refractivity contribution in [3.05, 3.63) is 16.6 Å². The molecule has 2 N–H and O–H groups in total. The zero-order valence-corrected chi connectivity index (χ0v) is 8.13. The van der Waals surface area contributed by atoms with Crippen molar-refractivity contribution in [1.82, 2.24) is 9.55 Å². The zero-order valence-electron chi connectivity index (χ0n) is 5.16. The van der Waals surface area contributed by atoms with E-state index in [0.717, 1.165) is 0 Å². The Labute approximate surface area is 64.8 Å². The molecule has 0 saturated heterocycles. The van der Waals surface area contributed by atoms with Gasteiger partial charge in [0.25, 0.3) is 0 Å². The van der Waals surface area contributed by atoms with Gasteiger partial charge in [0.1, 0.15) is 0 Å². The molecule has 0 bridgehead atoms. The van der Waals surface area contributed by atoms with Crippen molar-refractivity contribution in [3.63, 3.8) is 0 Å². The van der Waals surface area contributed by atoms with Crippen LogP contribution in [-0.4, -0.2) is 9.55 Å². The molecular weight excluding hydrogens is 171 g/mol. The van der Waals surface area contributed by atoms with Crippen molar-refractivity contribution < 1.29 is 19.5 Å². The van der Waals surface area contributed by atoms with Gasteiger partial charge >= 0.3 is 0 Å². The number of aryl methyl sites for hydroxylation is 1. The summed E-state index contributed by atoms with van der Waals surface area (Å²) in [5, 5.41) is 0. The molecule has 5 heteroatoms. The van der Waals surface area contributed by atoms with Crippen molar-refractivity contribution in [1.29, 1.82) is 0 Å². The summed E-state index contributed by atoms with van der Waals surface area (Å²) in [6.45, 7) is 0. The summed E-state index contributed by atoms with van der Waals surface area (Å²) < 4.78 is 1.47. The van der Waals surface area contributed by atoms with Crippen LogP contribution in [0.1, 0.15) is 0 Å². The van der Waals surface area contributed by atoms with E-state index in [0.29, 0.717) is 0 Å². The van der Waals surface area contributed by atoms with Gasteiger partial charge in [-0.2, -0.15) is 0 Å². The van der Waals surface area contributed by atoms with Gasteiger partial charge in [-0.1, -0.05) is 6.20 Å². The number of hydrogen-bond donors (Lipinski definition) is 1. The van der Waals surface area contributed by atoms with Gasteiger partial charge in [0.05, 0.1) is 0 Å². The monoisotopic (exact) mass is 176 g/mol. The number of anilines is 1. The Bertz CT molecular complexity index is 216. The van der Waals surface area contributed by atoms with Gasteiger partial charge in [0, 0.05) is 25.4 Å². The number of aromatic nitrogens is 2. The summed E-state index contributed by atoms with van der Waals surface area (Å²) >= 11 is 0. The fourth-order valence-electron chi connectivity index (χ4n) is 0.452. The third kappa shape index (κ3) is 1.68. The number of nitrogen functional groups attached to an aromatic ring is 1. The molecule has 46 valence electrons. The minimum absolute atomic E-state index is 0. The molecule has 0 amide bonds. The molecule has 1 aromatic heterocycles. The van der Waals surface area contributed by atoms with Crippen LogP contribution in [0.2, 0.25) is 0 Å². The Morgan fingerprint density at radius 2 is 2.33 bits per heavy atom. The Morgan fingerprint density at radius 3 is 2.44 bits per heavy atom. The standard InChI is InChI=1S/C4H6N3O.Zn/c1-7-2-3(8)6-4(7)5;/h2H,1H3,(H2,5,6,8);/q-1;. The van der Waals surface area contributed by atoms with Crippen LogP contribution in [0.25, 0.3) is 0 Å². The molecule has 0 radical (unpaired) electrons. The first-order valence-corrected chi connectivity index (χ1v) is 2.16. The SMILES string of the molecule is Cn1[cH-]c(=O)nc1N.[Zn]. The molecule has 4 nitrogen and oxygen atoms in total. The molecule has 0 spiro atoms. The van der Waals surface area contributed by atoms with Crippen molar-refractivity contribution >= 4 is 5.95 Å². The van der Waals surface area contributed by atoms with Crippen molar-refractivity contribution in [2.45, 2.75) is 0 Å². The van der Waals surface area contributed by atoms with Gasteiger partial charge in [-0.25, -0.2) is 0 Å². The van der Waals surface area contributed by atoms with E-state index in [4.69, 9.17) is 5.73 Å². The molecule has 0 aliphatic heterocycles. The molecule has 1 aromatic rings. The minimum atomic E-state index is -0.287. The molecule has 0 saturated carbocycles. The molecule has 1 heterocycles. The third-order valence-electron chi connectivity index (χ3n) is 0.890. The first kappa shape index (κ1) is 8.43. The largest absolute Gasteiger partial charge is 0.473 e. The molecule has 0 fully saturated rings. The molecule has 0 aliphatic rings. The van der Waals surface area contributed by atoms with E-state index in [1.807, 2.05) is 0 Å². The van der Waals surface area contributed by atoms with Crippen LogP contribution >= 0.6 is 0 Å². The zero-order chi connectivity index (χ0) is 6.15. The second kappa shape index (κ2) is 2.83. The third-order valence-corrected chi connectivity index (χ3v) is 0.890. The summed E-state index contributed by atoms with van der Waals surface area (Å²) in [6, 6.07) is 0.